The highest BCUT2D eigenvalue weighted by atomic mass is 16.3. The van der Waals surface area contributed by atoms with Gasteiger partial charge in [0.15, 0.2) is 0 Å². The zero-order chi connectivity index (χ0) is 50.9. The Labute approximate surface area is 439 Å². The number of aliphatic hydroxyl groups excluding tert-OH is 4. The van der Waals surface area contributed by atoms with E-state index in [0.29, 0.717) is 12.8 Å². The third-order valence-electron chi connectivity index (χ3n) is 15.8. The van der Waals surface area contributed by atoms with Crippen molar-refractivity contribution in [3.8, 4) is 0 Å². The number of carbonyl (C=O) groups is 1. The van der Waals surface area contributed by atoms with Crippen molar-refractivity contribution in [3.63, 3.8) is 0 Å². The van der Waals surface area contributed by atoms with Crippen LogP contribution in [-0.2, 0) is 4.79 Å². The fourth-order valence-electron chi connectivity index (χ4n) is 10.8. The molecule has 6 heteroatoms. The summed E-state index contributed by atoms with van der Waals surface area (Å²) in [6.45, 7) is 4.11. The number of aliphatic hydroxyl groups is 4. The van der Waals surface area contributed by atoms with E-state index in [1.807, 2.05) is 0 Å². The molecular formula is C64H129NO5. The largest absolute Gasteiger partial charge is 0.394 e. The topological polar surface area (TPSA) is 110 Å². The monoisotopic (exact) mass is 992 g/mol. The van der Waals surface area contributed by atoms with Crippen LogP contribution in [0.2, 0.25) is 0 Å². The van der Waals surface area contributed by atoms with Gasteiger partial charge in [0.2, 0.25) is 5.91 Å². The predicted molar refractivity (Wildman–Crippen MR) is 307 cm³/mol. The minimum atomic E-state index is -1.26. The van der Waals surface area contributed by atoms with Crippen molar-refractivity contribution in [1.82, 2.24) is 5.32 Å². The van der Waals surface area contributed by atoms with Gasteiger partial charge in [0.25, 0.3) is 0 Å². The zero-order valence-corrected chi connectivity index (χ0v) is 47.8. The van der Waals surface area contributed by atoms with Crippen LogP contribution >= 0.6 is 0 Å². The molecule has 0 saturated carbocycles. The quantitative estimate of drug-likeness (QED) is 0.0390. The van der Waals surface area contributed by atoms with E-state index < -0.39 is 36.9 Å². The summed E-state index contributed by atoms with van der Waals surface area (Å²) in [5.41, 5.74) is 0. The molecule has 0 heterocycles. The highest BCUT2D eigenvalue weighted by molar-refractivity contribution is 5.80. The van der Waals surface area contributed by atoms with E-state index >= 15 is 0 Å². The third-order valence-corrected chi connectivity index (χ3v) is 15.8. The molecule has 0 aromatic carbocycles. The molecule has 0 radical (unpaired) electrons. The Balaban J connectivity index is 3.53. The number of amides is 1. The Morgan fingerprint density at radius 3 is 0.686 bits per heavy atom. The van der Waals surface area contributed by atoms with E-state index in [-0.39, 0.29) is 0 Å². The fourth-order valence-corrected chi connectivity index (χ4v) is 10.8. The molecule has 0 aliphatic heterocycles. The van der Waals surface area contributed by atoms with E-state index in [0.717, 1.165) is 38.5 Å². The Hall–Kier alpha value is -0.690. The molecule has 0 aliphatic carbocycles. The normalized spacial score (nSPS) is 13.5. The third kappa shape index (κ3) is 52.2. The standard InChI is InChI=1S/C64H129NO5/c1-3-5-7-9-11-13-15-17-19-21-23-25-27-29-30-31-32-34-36-38-40-42-44-46-48-50-52-54-56-58-62(68)64(70)65-60(59-66)63(69)61(67)57-55-53-51-49-47-45-43-41-39-37-35-33-28-26-24-22-20-18-16-14-12-10-8-6-4-2/h60-63,66-69H,3-59H2,1-2H3,(H,65,70). The van der Waals surface area contributed by atoms with Gasteiger partial charge in [-0.1, -0.05) is 361 Å². The molecule has 1 amide bonds. The first kappa shape index (κ1) is 69.3. The van der Waals surface area contributed by atoms with Gasteiger partial charge in [0, 0.05) is 0 Å². The van der Waals surface area contributed by atoms with Crippen molar-refractivity contribution in [2.75, 3.05) is 6.61 Å². The van der Waals surface area contributed by atoms with Gasteiger partial charge >= 0.3 is 0 Å². The van der Waals surface area contributed by atoms with Crippen molar-refractivity contribution in [3.05, 3.63) is 0 Å². The second-order valence-corrected chi connectivity index (χ2v) is 22.8. The molecule has 0 aromatic heterocycles. The molecule has 0 fully saturated rings. The number of hydrogen-bond donors (Lipinski definition) is 5. The van der Waals surface area contributed by atoms with Gasteiger partial charge in [-0.05, 0) is 12.8 Å². The summed E-state index contributed by atoms with van der Waals surface area (Å²) in [6, 6.07) is -0.982. The van der Waals surface area contributed by atoms with Crippen LogP contribution in [0.1, 0.15) is 373 Å². The molecule has 0 saturated heterocycles. The maximum Gasteiger partial charge on any atom is 0.249 e. The molecule has 4 atom stereocenters. The van der Waals surface area contributed by atoms with Gasteiger partial charge in [-0.3, -0.25) is 4.79 Å². The summed E-state index contributed by atoms with van der Waals surface area (Å²) in [5.74, 6) is -0.574. The van der Waals surface area contributed by atoms with Gasteiger partial charge in [-0.2, -0.15) is 0 Å². The molecule has 5 N–H and O–H groups in total. The Kier molecular flexibility index (Phi) is 58.6. The minimum Gasteiger partial charge on any atom is -0.394 e. The van der Waals surface area contributed by atoms with Crippen LogP contribution in [0, 0.1) is 0 Å². The van der Waals surface area contributed by atoms with Crippen LogP contribution in [-0.4, -0.2) is 57.3 Å². The van der Waals surface area contributed by atoms with Crippen molar-refractivity contribution in [2.24, 2.45) is 0 Å². The van der Waals surface area contributed by atoms with Crippen molar-refractivity contribution in [1.29, 1.82) is 0 Å². The molecule has 0 bridgehead atoms. The second-order valence-electron chi connectivity index (χ2n) is 22.8. The molecule has 0 aliphatic rings. The van der Waals surface area contributed by atoms with E-state index in [1.165, 1.54) is 308 Å². The highest BCUT2D eigenvalue weighted by Gasteiger charge is 2.28. The van der Waals surface area contributed by atoms with Crippen molar-refractivity contribution >= 4 is 5.91 Å². The number of rotatable bonds is 61. The summed E-state index contributed by atoms with van der Waals surface area (Å²) in [6.07, 6.45) is 70.6. The van der Waals surface area contributed by atoms with E-state index in [9.17, 15) is 25.2 Å². The Morgan fingerprint density at radius 1 is 0.300 bits per heavy atom. The van der Waals surface area contributed by atoms with Crippen LogP contribution in [0.15, 0.2) is 0 Å². The average molecular weight is 993 g/mol. The lowest BCUT2D eigenvalue weighted by molar-refractivity contribution is -0.132. The first-order chi connectivity index (χ1) is 34.5. The van der Waals surface area contributed by atoms with Crippen LogP contribution in [0.25, 0.3) is 0 Å². The lowest BCUT2D eigenvalue weighted by atomic mass is 9.99. The predicted octanol–water partition coefficient (Wildman–Crippen LogP) is 19.4. The Bertz CT molecular complexity index is 979. The van der Waals surface area contributed by atoms with E-state index in [2.05, 4.69) is 19.2 Å². The lowest BCUT2D eigenvalue weighted by Crippen LogP contribution is -2.53. The summed E-state index contributed by atoms with van der Waals surface area (Å²) in [7, 11) is 0. The second kappa shape index (κ2) is 59.2. The van der Waals surface area contributed by atoms with Crippen LogP contribution in [0.5, 0.6) is 0 Å². The summed E-state index contributed by atoms with van der Waals surface area (Å²) in [5, 5.41) is 44.2. The summed E-state index contributed by atoms with van der Waals surface area (Å²) < 4.78 is 0. The van der Waals surface area contributed by atoms with Crippen LogP contribution < -0.4 is 5.32 Å². The molecule has 6 nitrogen and oxygen atoms in total. The Morgan fingerprint density at radius 2 is 0.486 bits per heavy atom. The van der Waals surface area contributed by atoms with Gasteiger partial charge in [0.05, 0.1) is 18.8 Å². The molecule has 70 heavy (non-hydrogen) atoms. The average Bonchev–Trinajstić information content (AvgIpc) is 3.36. The minimum absolute atomic E-state index is 0.377. The number of unbranched alkanes of at least 4 members (excludes halogenated alkanes) is 52. The summed E-state index contributed by atoms with van der Waals surface area (Å²) in [4.78, 5) is 12.6. The first-order valence-corrected chi connectivity index (χ1v) is 32.4. The maximum atomic E-state index is 12.6. The highest BCUT2D eigenvalue weighted by Crippen LogP contribution is 2.20. The number of nitrogens with one attached hydrogen (secondary N) is 1. The zero-order valence-electron chi connectivity index (χ0n) is 47.8. The fraction of sp³-hybridized carbons (Fsp3) is 0.984. The number of carbonyl (C=O) groups excluding carboxylic acids is 1. The summed E-state index contributed by atoms with van der Waals surface area (Å²) >= 11 is 0. The van der Waals surface area contributed by atoms with Gasteiger partial charge < -0.3 is 25.7 Å². The molecule has 0 aromatic rings. The van der Waals surface area contributed by atoms with E-state index in [4.69, 9.17) is 0 Å². The molecule has 420 valence electrons. The van der Waals surface area contributed by atoms with Crippen LogP contribution in [0.4, 0.5) is 0 Å². The van der Waals surface area contributed by atoms with Crippen molar-refractivity contribution < 1.29 is 25.2 Å². The van der Waals surface area contributed by atoms with Crippen molar-refractivity contribution in [2.45, 2.75) is 398 Å². The lowest BCUT2D eigenvalue weighted by Gasteiger charge is -2.27. The smallest absolute Gasteiger partial charge is 0.249 e. The van der Waals surface area contributed by atoms with Gasteiger partial charge in [-0.15, -0.1) is 0 Å². The van der Waals surface area contributed by atoms with Gasteiger partial charge in [0.1, 0.15) is 12.2 Å². The first-order valence-electron chi connectivity index (χ1n) is 32.4. The number of hydrogen-bond acceptors (Lipinski definition) is 5. The van der Waals surface area contributed by atoms with Crippen LogP contribution in [0.3, 0.4) is 0 Å². The molecular weight excluding hydrogens is 863 g/mol. The maximum absolute atomic E-state index is 12.6. The molecule has 0 spiro atoms. The molecule has 4 unspecified atom stereocenters. The van der Waals surface area contributed by atoms with Gasteiger partial charge in [-0.25, -0.2) is 0 Å². The molecule has 0 rings (SSSR count). The SMILES string of the molecule is CCCCCCCCCCCCCCCCCCCCCCCCCCCCCCCC(O)C(=O)NC(CO)C(O)C(O)CCCCCCCCCCCCCCCCCCCCCCCCCCC. The van der Waals surface area contributed by atoms with E-state index in [1.54, 1.807) is 0 Å².